The Labute approximate surface area is 113 Å². The summed E-state index contributed by atoms with van der Waals surface area (Å²) < 4.78 is 5.62. The van der Waals surface area contributed by atoms with Crippen molar-refractivity contribution in [3.63, 3.8) is 0 Å². The number of aromatic nitrogens is 2. The van der Waals surface area contributed by atoms with Crippen LogP contribution in [0.5, 0.6) is 0 Å². The third-order valence-electron chi connectivity index (χ3n) is 3.53. The van der Waals surface area contributed by atoms with E-state index < -0.39 is 0 Å². The molecule has 1 unspecified atom stereocenters. The maximum atomic E-state index is 5.62. The van der Waals surface area contributed by atoms with Crippen molar-refractivity contribution >= 4 is 16.9 Å². The van der Waals surface area contributed by atoms with Crippen LogP contribution >= 0.6 is 0 Å². The quantitative estimate of drug-likeness (QED) is 0.914. The third kappa shape index (κ3) is 2.84. The number of para-hydroxylation sites is 2. The first-order valence-electron chi connectivity index (χ1n) is 6.92. The lowest BCUT2D eigenvalue weighted by molar-refractivity contribution is 0.107. The molecule has 1 atom stereocenters. The number of hydrogen-bond acceptors (Lipinski definition) is 4. The topological polar surface area (TPSA) is 47.0 Å². The predicted octanol–water partition coefficient (Wildman–Crippen LogP) is 2.92. The van der Waals surface area contributed by atoms with Gasteiger partial charge in [0.2, 0.25) is 0 Å². The molecule has 1 saturated heterocycles. The zero-order valence-electron chi connectivity index (χ0n) is 11.2. The SMILES string of the molecule is Cc1nc2ccccc2nc1NCCC1CCCO1. The lowest BCUT2D eigenvalue weighted by atomic mass is 10.2. The molecule has 0 aliphatic carbocycles. The van der Waals surface area contributed by atoms with Crippen LogP contribution in [-0.2, 0) is 4.74 Å². The van der Waals surface area contributed by atoms with Crippen molar-refractivity contribution in [3.8, 4) is 0 Å². The molecular formula is C15H19N3O. The summed E-state index contributed by atoms with van der Waals surface area (Å²) in [6.45, 7) is 3.80. The van der Waals surface area contributed by atoms with Gasteiger partial charge in [-0.3, -0.25) is 0 Å². The summed E-state index contributed by atoms with van der Waals surface area (Å²) in [5.74, 6) is 0.886. The number of ether oxygens (including phenoxy) is 1. The van der Waals surface area contributed by atoms with Gasteiger partial charge in [-0.05, 0) is 38.3 Å². The predicted molar refractivity (Wildman–Crippen MR) is 76.4 cm³/mol. The molecule has 1 fully saturated rings. The number of fused-ring (bicyclic) bond motifs is 1. The number of anilines is 1. The van der Waals surface area contributed by atoms with Crippen LogP contribution < -0.4 is 5.32 Å². The van der Waals surface area contributed by atoms with Crippen LogP contribution in [-0.4, -0.2) is 29.2 Å². The standard InChI is InChI=1S/C15H19N3O/c1-11-15(16-9-8-12-5-4-10-19-12)18-14-7-3-2-6-13(14)17-11/h2-3,6-7,12H,4-5,8-10H2,1H3,(H,16,18). The average Bonchev–Trinajstić information content (AvgIpc) is 2.92. The first kappa shape index (κ1) is 12.4. The first-order valence-corrected chi connectivity index (χ1v) is 6.92. The van der Waals surface area contributed by atoms with E-state index in [1.807, 2.05) is 31.2 Å². The summed E-state index contributed by atoms with van der Waals surface area (Å²) in [6, 6.07) is 7.96. The van der Waals surface area contributed by atoms with Crippen molar-refractivity contribution in [2.24, 2.45) is 0 Å². The van der Waals surface area contributed by atoms with E-state index in [9.17, 15) is 0 Å². The zero-order chi connectivity index (χ0) is 13.1. The van der Waals surface area contributed by atoms with Crippen LogP contribution in [0.3, 0.4) is 0 Å². The summed E-state index contributed by atoms with van der Waals surface area (Å²) >= 11 is 0. The van der Waals surface area contributed by atoms with Crippen LogP contribution in [0.1, 0.15) is 25.0 Å². The van der Waals surface area contributed by atoms with Crippen LogP contribution in [0.15, 0.2) is 24.3 Å². The monoisotopic (exact) mass is 257 g/mol. The van der Waals surface area contributed by atoms with Crippen molar-refractivity contribution in [2.45, 2.75) is 32.3 Å². The number of nitrogens with zero attached hydrogens (tertiary/aromatic N) is 2. The summed E-state index contributed by atoms with van der Waals surface area (Å²) in [4.78, 5) is 9.19. The second-order valence-corrected chi connectivity index (χ2v) is 5.00. The van der Waals surface area contributed by atoms with Gasteiger partial charge in [0, 0.05) is 13.2 Å². The summed E-state index contributed by atoms with van der Waals surface area (Å²) in [7, 11) is 0. The van der Waals surface area contributed by atoms with E-state index in [-0.39, 0.29) is 0 Å². The molecule has 0 saturated carbocycles. The average molecular weight is 257 g/mol. The van der Waals surface area contributed by atoms with E-state index in [2.05, 4.69) is 15.3 Å². The maximum absolute atomic E-state index is 5.62. The molecule has 1 aromatic carbocycles. The van der Waals surface area contributed by atoms with Gasteiger partial charge in [0.15, 0.2) is 0 Å². The Balaban J connectivity index is 1.67. The molecule has 2 heterocycles. The van der Waals surface area contributed by atoms with Crippen molar-refractivity contribution in [1.82, 2.24) is 9.97 Å². The molecule has 1 aromatic heterocycles. The Morgan fingerprint density at radius 1 is 1.26 bits per heavy atom. The minimum atomic E-state index is 0.418. The molecule has 0 spiro atoms. The minimum Gasteiger partial charge on any atom is -0.378 e. The summed E-state index contributed by atoms with van der Waals surface area (Å²) in [5.41, 5.74) is 2.84. The molecule has 0 bridgehead atoms. The Morgan fingerprint density at radius 2 is 2.05 bits per heavy atom. The van der Waals surface area contributed by atoms with E-state index in [1.54, 1.807) is 0 Å². The van der Waals surface area contributed by atoms with E-state index in [4.69, 9.17) is 4.74 Å². The zero-order valence-corrected chi connectivity index (χ0v) is 11.2. The van der Waals surface area contributed by atoms with E-state index in [1.165, 1.54) is 12.8 Å². The fourth-order valence-electron chi connectivity index (χ4n) is 2.48. The van der Waals surface area contributed by atoms with Gasteiger partial charge in [-0.1, -0.05) is 12.1 Å². The van der Waals surface area contributed by atoms with E-state index in [0.29, 0.717) is 6.10 Å². The van der Waals surface area contributed by atoms with E-state index >= 15 is 0 Å². The lowest BCUT2D eigenvalue weighted by Gasteiger charge is -2.12. The highest BCUT2D eigenvalue weighted by molar-refractivity contribution is 5.76. The largest absolute Gasteiger partial charge is 0.378 e. The highest BCUT2D eigenvalue weighted by atomic mass is 16.5. The molecule has 1 N–H and O–H groups in total. The van der Waals surface area contributed by atoms with Gasteiger partial charge in [0.25, 0.3) is 0 Å². The third-order valence-corrected chi connectivity index (χ3v) is 3.53. The minimum absolute atomic E-state index is 0.418. The lowest BCUT2D eigenvalue weighted by Crippen LogP contribution is -2.14. The Bertz CT molecular complexity index is 564. The highest BCUT2D eigenvalue weighted by Gasteiger charge is 2.15. The highest BCUT2D eigenvalue weighted by Crippen LogP contribution is 2.18. The molecule has 1 aliphatic rings. The second kappa shape index (κ2) is 5.53. The number of hydrogen-bond donors (Lipinski definition) is 1. The number of rotatable bonds is 4. The second-order valence-electron chi connectivity index (χ2n) is 5.00. The van der Waals surface area contributed by atoms with Crippen molar-refractivity contribution in [3.05, 3.63) is 30.0 Å². The van der Waals surface area contributed by atoms with Gasteiger partial charge in [0.05, 0.1) is 22.8 Å². The van der Waals surface area contributed by atoms with Crippen LogP contribution in [0.4, 0.5) is 5.82 Å². The summed E-state index contributed by atoms with van der Waals surface area (Å²) in [5, 5.41) is 3.38. The number of aryl methyl sites for hydroxylation is 1. The van der Waals surface area contributed by atoms with Crippen molar-refractivity contribution in [2.75, 3.05) is 18.5 Å². The van der Waals surface area contributed by atoms with Gasteiger partial charge in [0.1, 0.15) is 5.82 Å². The Morgan fingerprint density at radius 3 is 2.79 bits per heavy atom. The first-order chi connectivity index (χ1) is 9.33. The molecule has 3 rings (SSSR count). The van der Waals surface area contributed by atoms with Gasteiger partial charge < -0.3 is 10.1 Å². The molecule has 4 nitrogen and oxygen atoms in total. The normalized spacial score (nSPS) is 18.9. The Hall–Kier alpha value is -1.68. The summed E-state index contributed by atoms with van der Waals surface area (Å²) in [6.07, 6.45) is 3.83. The number of benzene rings is 1. The van der Waals surface area contributed by atoms with E-state index in [0.717, 1.165) is 42.1 Å². The maximum Gasteiger partial charge on any atom is 0.148 e. The fourth-order valence-corrected chi connectivity index (χ4v) is 2.48. The molecule has 19 heavy (non-hydrogen) atoms. The molecule has 1 aliphatic heterocycles. The van der Waals surface area contributed by atoms with Gasteiger partial charge >= 0.3 is 0 Å². The molecule has 0 amide bonds. The van der Waals surface area contributed by atoms with Gasteiger partial charge in [-0.15, -0.1) is 0 Å². The van der Waals surface area contributed by atoms with Crippen LogP contribution in [0.25, 0.3) is 11.0 Å². The van der Waals surface area contributed by atoms with Crippen LogP contribution in [0, 0.1) is 6.92 Å². The molecular weight excluding hydrogens is 238 g/mol. The Kier molecular flexibility index (Phi) is 3.60. The molecule has 4 heteroatoms. The van der Waals surface area contributed by atoms with Gasteiger partial charge in [-0.2, -0.15) is 0 Å². The molecule has 100 valence electrons. The van der Waals surface area contributed by atoms with Crippen molar-refractivity contribution in [1.29, 1.82) is 0 Å². The molecule has 0 radical (unpaired) electrons. The number of nitrogens with one attached hydrogen (secondary N) is 1. The molecule has 2 aromatic rings. The van der Waals surface area contributed by atoms with Crippen molar-refractivity contribution < 1.29 is 4.74 Å². The van der Waals surface area contributed by atoms with Crippen LogP contribution in [0.2, 0.25) is 0 Å². The fraction of sp³-hybridized carbons (Fsp3) is 0.467. The van der Waals surface area contributed by atoms with Gasteiger partial charge in [-0.25, -0.2) is 9.97 Å². The smallest absolute Gasteiger partial charge is 0.148 e.